The number of para-hydroxylation sites is 1. The van der Waals surface area contributed by atoms with Crippen LogP contribution in [0.3, 0.4) is 0 Å². The molecule has 1 saturated heterocycles. The maximum absolute atomic E-state index is 11.3. The third kappa shape index (κ3) is 3.20. The summed E-state index contributed by atoms with van der Waals surface area (Å²) in [6.45, 7) is 4.10. The molecule has 1 N–H and O–H groups in total. The lowest BCUT2D eigenvalue weighted by Gasteiger charge is -2.19. The second-order valence-electron chi connectivity index (χ2n) is 5.72. The van der Waals surface area contributed by atoms with E-state index in [1.165, 1.54) is 0 Å². The number of hydrogen-bond donors (Lipinski definition) is 1. The number of nitrogens with one attached hydrogen (secondary N) is 1. The van der Waals surface area contributed by atoms with E-state index in [0.717, 1.165) is 54.5 Å². The molecule has 0 saturated carbocycles. The largest absolute Gasteiger partial charge is 0.356 e. The standard InChI is InChI=1S/C15H20N4O2S/c1-11-6-5-7-12-14(11)17-13(10-16-22(2,20)21)18-15(12)19-8-3-4-9-19/h5-7,16H,3-4,8-10H2,1-2H3. The highest BCUT2D eigenvalue weighted by Gasteiger charge is 2.19. The van der Waals surface area contributed by atoms with Gasteiger partial charge in [0.05, 0.1) is 18.3 Å². The maximum atomic E-state index is 11.3. The van der Waals surface area contributed by atoms with E-state index in [1.54, 1.807) is 0 Å². The molecule has 2 heterocycles. The number of aromatic nitrogens is 2. The fraction of sp³-hybridized carbons (Fsp3) is 0.467. The first-order valence-corrected chi connectivity index (χ1v) is 9.29. The van der Waals surface area contributed by atoms with Gasteiger partial charge in [-0.15, -0.1) is 0 Å². The van der Waals surface area contributed by atoms with Gasteiger partial charge in [0.1, 0.15) is 11.6 Å². The quantitative estimate of drug-likeness (QED) is 0.926. The Morgan fingerprint density at radius 1 is 1.23 bits per heavy atom. The van der Waals surface area contributed by atoms with Gasteiger partial charge in [0.15, 0.2) is 0 Å². The molecule has 0 unspecified atom stereocenters. The minimum Gasteiger partial charge on any atom is -0.356 e. The zero-order valence-corrected chi connectivity index (χ0v) is 13.7. The third-order valence-electron chi connectivity index (χ3n) is 3.85. The van der Waals surface area contributed by atoms with Crippen molar-refractivity contribution in [1.82, 2.24) is 14.7 Å². The van der Waals surface area contributed by atoms with E-state index in [4.69, 9.17) is 0 Å². The molecular formula is C15H20N4O2S. The Balaban J connectivity index is 2.08. The molecule has 1 aromatic heterocycles. The smallest absolute Gasteiger partial charge is 0.209 e. The van der Waals surface area contributed by atoms with E-state index in [1.807, 2.05) is 25.1 Å². The second kappa shape index (κ2) is 5.81. The molecule has 1 aliphatic rings. The van der Waals surface area contributed by atoms with Crippen LogP contribution in [0.5, 0.6) is 0 Å². The number of anilines is 1. The average molecular weight is 320 g/mol. The van der Waals surface area contributed by atoms with Gasteiger partial charge in [-0.05, 0) is 31.4 Å². The molecule has 2 aromatic rings. The zero-order valence-electron chi connectivity index (χ0n) is 12.8. The molecule has 0 amide bonds. The molecule has 1 aliphatic heterocycles. The Bertz CT molecular complexity index is 799. The van der Waals surface area contributed by atoms with Crippen LogP contribution in [0.1, 0.15) is 24.2 Å². The highest BCUT2D eigenvalue weighted by molar-refractivity contribution is 7.88. The van der Waals surface area contributed by atoms with Gasteiger partial charge in [-0.1, -0.05) is 12.1 Å². The summed E-state index contributed by atoms with van der Waals surface area (Å²) in [5.41, 5.74) is 1.96. The molecule has 6 nitrogen and oxygen atoms in total. The van der Waals surface area contributed by atoms with Crippen molar-refractivity contribution in [3.05, 3.63) is 29.6 Å². The van der Waals surface area contributed by atoms with E-state index < -0.39 is 10.0 Å². The minimum absolute atomic E-state index is 0.115. The minimum atomic E-state index is -3.26. The van der Waals surface area contributed by atoms with Crippen LogP contribution in [0.4, 0.5) is 5.82 Å². The molecule has 1 aromatic carbocycles. The molecule has 0 bridgehead atoms. The van der Waals surface area contributed by atoms with Crippen molar-refractivity contribution in [3.63, 3.8) is 0 Å². The number of nitrogens with zero attached hydrogens (tertiary/aromatic N) is 3. The summed E-state index contributed by atoms with van der Waals surface area (Å²) >= 11 is 0. The number of benzene rings is 1. The van der Waals surface area contributed by atoms with Gasteiger partial charge in [0, 0.05) is 18.5 Å². The molecule has 0 aliphatic carbocycles. The first-order valence-electron chi connectivity index (χ1n) is 7.40. The van der Waals surface area contributed by atoms with Gasteiger partial charge >= 0.3 is 0 Å². The first kappa shape index (κ1) is 15.2. The molecule has 118 valence electrons. The molecule has 7 heteroatoms. The summed E-state index contributed by atoms with van der Waals surface area (Å²) in [5, 5.41) is 1.03. The van der Waals surface area contributed by atoms with Crippen LogP contribution in [0.25, 0.3) is 10.9 Å². The van der Waals surface area contributed by atoms with Crippen LogP contribution >= 0.6 is 0 Å². The van der Waals surface area contributed by atoms with Crippen LogP contribution in [0.15, 0.2) is 18.2 Å². The van der Waals surface area contributed by atoms with Crippen molar-refractivity contribution in [1.29, 1.82) is 0 Å². The van der Waals surface area contributed by atoms with Crippen LogP contribution in [-0.2, 0) is 16.6 Å². The predicted octanol–water partition coefficient (Wildman–Crippen LogP) is 1.59. The van der Waals surface area contributed by atoms with E-state index in [2.05, 4.69) is 19.6 Å². The zero-order chi connectivity index (χ0) is 15.7. The van der Waals surface area contributed by atoms with Crippen molar-refractivity contribution in [3.8, 4) is 0 Å². The van der Waals surface area contributed by atoms with Crippen molar-refractivity contribution in [2.45, 2.75) is 26.3 Å². The highest BCUT2D eigenvalue weighted by atomic mass is 32.2. The monoisotopic (exact) mass is 320 g/mol. The molecule has 3 rings (SSSR count). The van der Waals surface area contributed by atoms with Gasteiger partial charge in [-0.25, -0.2) is 23.1 Å². The van der Waals surface area contributed by atoms with E-state index >= 15 is 0 Å². The van der Waals surface area contributed by atoms with Crippen molar-refractivity contribution in [2.24, 2.45) is 0 Å². The number of hydrogen-bond acceptors (Lipinski definition) is 5. The van der Waals surface area contributed by atoms with E-state index in [0.29, 0.717) is 5.82 Å². The summed E-state index contributed by atoms with van der Waals surface area (Å²) in [4.78, 5) is 11.4. The number of sulfonamides is 1. The van der Waals surface area contributed by atoms with Gasteiger partial charge in [-0.2, -0.15) is 0 Å². The molecule has 1 fully saturated rings. The highest BCUT2D eigenvalue weighted by Crippen LogP contribution is 2.28. The SMILES string of the molecule is Cc1cccc2c(N3CCCC3)nc(CNS(C)(=O)=O)nc12. The van der Waals surface area contributed by atoms with Gasteiger partial charge < -0.3 is 4.90 Å². The summed E-state index contributed by atoms with van der Waals surface area (Å²) in [6.07, 6.45) is 3.46. The summed E-state index contributed by atoms with van der Waals surface area (Å²) in [6, 6.07) is 6.05. The molecular weight excluding hydrogens is 300 g/mol. The fourth-order valence-corrected chi connectivity index (χ4v) is 3.16. The average Bonchev–Trinajstić information content (AvgIpc) is 2.98. The van der Waals surface area contributed by atoms with Gasteiger partial charge in [0.2, 0.25) is 10.0 Å². The van der Waals surface area contributed by atoms with Crippen LogP contribution in [0.2, 0.25) is 0 Å². The summed E-state index contributed by atoms with van der Waals surface area (Å²) in [5.74, 6) is 1.42. The fourth-order valence-electron chi connectivity index (χ4n) is 2.77. The Morgan fingerprint density at radius 2 is 1.95 bits per heavy atom. The number of rotatable bonds is 4. The lowest BCUT2D eigenvalue weighted by molar-refractivity contribution is 0.585. The Morgan fingerprint density at radius 3 is 2.64 bits per heavy atom. The summed E-state index contributed by atoms with van der Waals surface area (Å²) < 4.78 is 25.1. The van der Waals surface area contributed by atoms with Gasteiger partial charge in [0.25, 0.3) is 0 Å². The lowest BCUT2D eigenvalue weighted by Crippen LogP contribution is -2.24. The topological polar surface area (TPSA) is 75.2 Å². The van der Waals surface area contributed by atoms with Crippen molar-refractivity contribution < 1.29 is 8.42 Å². The number of fused-ring (bicyclic) bond motifs is 1. The second-order valence-corrected chi connectivity index (χ2v) is 7.55. The van der Waals surface area contributed by atoms with Crippen LogP contribution in [-0.4, -0.2) is 37.7 Å². The molecule has 0 radical (unpaired) electrons. The Hall–Kier alpha value is -1.73. The van der Waals surface area contributed by atoms with E-state index in [-0.39, 0.29) is 6.54 Å². The maximum Gasteiger partial charge on any atom is 0.209 e. The normalized spacial score (nSPS) is 15.6. The van der Waals surface area contributed by atoms with Crippen molar-refractivity contribution >= 4 is 26.7 Å². The van der Waals surface area contributed by atoms with Gasteiger partial charge in [-0.3, -0.25) is 0 Å². The van der Waals surface area contributed by atoms with Crippen molar-refractivity contribution in [2.75, 3.05) is 24.2 Å². The Kier molecular flexibility index (Phi) is 4.01. The first-order chi connectivity index (χ1) is 10.4. The van der Waals surface area contributed by atoms with Crippen LogP contribution < -0.4 is 9.62 Å². The van der Waals surface area contributed by atoms with Crippen LogP contribution in [0, 0.1) is 6.92 Å². The third-order valence-corrected chi connectivity index (χ3v) is 4.52. The lowest BCUT2D eigenvalue weighted by atomic mass is 10.1. The Labute approximate surface area is 130 Å². The summed E-state index contributed by atoms with van der Waals surface area (Å²) in [7, 11) is -3.26. The molecule has 0 spiro atoms. The molecule has 0 atom stereocenters. The van der Waals surface area contributed by atoms with E-state index in [9.17, 15) is 8.42 Å². The predicted molar refractivity (Wildman–Crippen MR) is 87.4 cm³/mol. The number of aryl methyl sites for hydroxylation is 1. The molecule has 22 heavy (non-hydrogen) atoms.